The van der Waals surface area contributed by atoms with Gasteiger partial charge in [0.1, 0.15) is 12.1 Å². The van der Waals surface area contributed by atoms with Gasteiger partial charge in [-0.2, -0.15) is 0 Å². The number of fused-ring (bicyclic) bond motifs is 1. The molecule has 154 valence electrons. The van der Waals surface area contributed by atoms with Crippen LogP contribution in [0.4, 0.5) is 5.69 Å². The molecule has 0 bridgehead atoms. The van der Waals surface area contributed by atoms with E-state index < -0.39 is 6.10 Å². The minimum atomic E-state index is -0.446. The Labute approximate surface area is 176 Å². The number of hydrogen-bond acceptors (Lipinski definition) is 6. The number of benzene rings is 2. The molecule has 0 radical (unpaired) electrons. The second kappa shape index (κ2) is 9.33. The number of aliphatic imine (C=N–C) groups is 1. The Morgan fingerprint density at radius 1 is 1.13 bits per heavy atom. The van der Waals surface area contributed by atoms with Gasteiger partial charge in [0.2, 0.25) is 0 Å². The fourth-order valence-corrected chi connectivity index (χ4v) is 3.36. The number of aldehydes is 2. The van der Waals surface area contributed by atoms with E-state index in [4.69, 9.17) is 5.73 Å². The molecule has 0 saturated carbocycles. The molecule has 6 heteroatoms. The molecule has 0 spiro atoms. The van der Waals surface area contributed by atoms with Gasteiger partial charge >= 0.3 is 0 Å². The minimum Gasteiger partial charge on any atom is -0.392 e. The van der Waals surface area contributed by atoms with E-state index in [-0.39, 0.29) is 0 Å². The van der Waals surface area contributed by atoms with Crippen molar-refractivity contribution < 1.29 is 14.7 Å². The third-order valence-electron chi connectivity index (χ3n) is 4.78. The predicted molar refractivity (Wildman–Crippen MR) is 121 cm³/mol. The second-order valence-electron chi connectivity index (χ2n) is 7.46. The summed E-state index contributed by atoms with van der Waals surface area (Å²) in [4.78, 5) is 29.0. The van der Waals surface area contributed by atoms with Crippen molar-refractivity contribution >= 4 is 36.2 Å². The Morgan fingerprint density at radius 3 is 2.57 bits per heavy atom. The smallest absolute Gasteiger partial charge is 0.150 e. The number of carbonyl (C=O) groups is 2. The summed E-state index contributed by atoms with van der Waals surface area (Å²) < 4.78 is 0. The lowest BCUT2D eigenvalue weighted by atomic mass is 9.97. The number of nitrogens with zero attached hydrogens (tertiary/aromatic N) is 2. The SMILES string of the molecule is CC(O)CN(C)/C=C\c1cc(-c2ccc3c(c2)N=C(N)CC(C=O)=C3)ccc1C=O. The summed E-state index contributed by atoms with van der Waals surface area (Å²) >= 11 is 0. The van der Waals surface area contributed by atoms with Gasteiger partial charge in [-0.25, -0.2) is 4.99 Å². The number of likely N-dealkylation sites (N-methyl/N-ethyl adjacent to an activating group) is 1. The first-order chi connectivity index (χ1) is 14.4. The molecular formula is C24H25N3O3. The van der Waals surface area contributed by atoms with Crippen molar-refractivity contribution in [2.45, 2.75) is 19.4 Å². The summed E-state index contributed by atoms with van der Waals surface area (Å²) in [5.41, 5.74) is 11.3. The maximum atomic E-state index is 11.5. The molecule has 1 unspecified atom stereocenters. The van der Waals surface area contributed by atoms with Crippen LogP contribution in [-0.4, -0.2) is 48.1 Å². The quantitative estimate of drug-likeness (QED) is 0.691. The van der Waals surface area contributed by atoms with Crippen LogP contribution in [0.2, 0.25) is 0 Å². The van der Waals surface area contributed by atoms with Crippen LogP contribution in [0, 0.1) is 0 Å². The lowest BCUT2D eigenvalue weighted by molar-refractivity contribution is -0.104. The fraction of sp³-hybridized carbons (Fsp3) is 0.208. The van der Waals surface area contributed by atoms with Crippen LogP contribution in [0.1, 0.15) is 34.8 Å². The Morgan fingerprint density at radius 2 is 1.87 bits per heavy atom. The largest absolute Gasteiger partial charge is 0.392 e. The molecule has 0 aromatic heterocycles. The molecule has 3 N–H and O–H groups in total. The molecule has 1 aliphatic heterocycles. The molecule has 2 aromatic rings. The maximum absolute atomic E-state index is 11.5. The molecule has 30 heavy (non-hydrogen) atoms. The highest BCUT2D eigenvalue weighted by molar-refractivity contribution is 5.98. The number of aliphatic hydroxyl groups excluding tert-OH is 1. The first-order valence-corrected chi connectivity index (χ1v) is 9.68. The Hall–Kier alpha value is -3.51. The monoisotopic (exact) mass is 403 g/mol. The Kier molecular flexibility index (Phi) is 6.59. The number of nitrogens with two attached hydrogens (primary N) is 1. The number of hydrogen-bond donors (Lipinski definition) is 2. The third kappa shape index (κ3) is 5.10. The van der Waals surface area contributed by atoms with Crippen molar-refractivity contribution in [3.8, 4) is 11.1 Å². The molecule has 3 rings (SSSR count). The zero-order valence-electron chi connectivity index (χ0n) is 17.1. The highest BCUT2D eigenvalue weighted by Gasteiger charge is 2.11. The lowest BCUT2D eigenvalue weighted by Gasteiger charge is -2.16. The normalized spacial score (nSPS) is 14.4. The van der Waals surface area contributed by atoms with Gasteiger partial charge in [0.05, 0.1) is 11.8 Å². The molecule has 1 heterocycles. The summed E-state index contributed by atoms with van der Waals surface area (Å²) in [5.74, 6) is 0.394. The summed E-state index contributed by atoms with van der Waals surface area (Å²) in [5, 5.41) is 9.51. The van der Waals surface area contributed by atoms with Gasteiger partial charge in [0.25, 0.3) is 0 Å². The highest BCUT2D eigenvalue weighted by Crippen LogP contribution is 2.32. The first-order valence-electron chi connectivity index (χ1n) is 9.68. The van der Waals surface area contributed by atoms with E-state index >= 15 is 0 Å². The molecule has 0 saturated heterocycles. The number of carbonyl (C=O) groups excluding carboxylic acids is 2. The molecule has 2 aromatic carbocycles. The average molecular weight is 403 g/mol. The van der Waals surface area contributed by atoms with Crippen LogP contribution in [-0.2, 0) is 4.79 Å². The van der Waals surface area contributed by atoms with Crippen molar-refractivity contribution in [3.05, 3.63) is 64.9 Å². The Balaban J connectivity index is 1.98. The molecule has 0 aliphatic carbocycles. The van der Waals surface area contributed by atoms with Gasteiger partial charge in [-0.3, -0.25) is 9.59 Å². The molecule has 1 aliphatic rings. The van der Waals surface area contributed by atoms with Gasteiger partial charge in [-0.1, -0.05) is 24.3 Å². The summed E-state index contributed by atoms with van der Waals surface area (Å²) in [6.07, 6.45) is 7.01. The van der Waals surface area contributed by atoms with Crippen LogP contribution in [0.5, 0.6) is 0 Å². The van der Waals surface area contributed by atoms with E-state index in [2.05, 4.69) is 4.99 Å². The van der Waals surface area contributed by atoms with Crippen molar-refractivity contribution in [2.24, 2.45) is 10.7 Å². The Bertz CT molecular complexity index is 1050. The van der Waals surface area contributed by atoms with E-state index in [0.717, 1.165) is 34.8 Å². The van der Waals surface area contributed by atoms with Crippen LogP contribution in [0.3, 0.4) is 0 Å². The highest BCUT2D eigenvalue weighted by atomic mass is 16.3. The van der Waals surface area contributed by atoms with Crippen LogP contribution in [0.15, 0.2) is 53.2 Å². The van der Waals surface area contributed by atoms with Crippen LogP contribution < -0.4 is 5.73 Å². The molecule has 6 nitrogen and oxygen atoms in total. The third-order valence-corrected chi connectivity index (χ3v) is 4.78. The summed E-state index contributed by atoms with van der Waals surface area (Å²) in [7, 11) is 1.86. The fourth-order valence-electron chi connectivity index (χ4n) is 3.36. The maximum Gasteiger partial charge on any atom is 0.150 e. The predicted octanol–water partition coefficient (Wildman–Crippen LogP) is 3.42. The lowest BCUT2D eigenvalue weighted by Crippen LogP contribution is -2.22. The van der Waals surface area contributed by atoms with Gasteiger partial charge in [-0.05, 0) is 54.1 Å². The second-order valence-corrected chi connectivity index (χ2v) is 7.46. The molecular weight excluding hydrogens is 378 g/mol. The summed E-state index contributed by atoms with van der Waals surface area (Å²) in [6, 6.07) is 11.4. The number of amidine groups is 1. The minimum absolute atomic E-state index is 0.330. The van der Waals surface area contributed by atoms with E-state index in [1.807, 2.05) is 54.6 Å². The van der Waals surface area contributed by atoms with Crippen LogP contribution >= 0.6 is 0 Å². The van der Waals surface area contributed by atoms with Gasteiger partial charge in [-0.15, -0.1) is 0 Å². The van der Waals surface area contributed by atoms with Gasteiger partial charge in [0.15, 0.2) is 6.29 Å². The van der Waals surface area contributed by atoms with Crippen molar-refractivity contribution in [2.75, 3.05) is 13.6 Å². The first kappa shape index (κ1) is 21.2. The van der Waals surface area contributed by atoms with Crippen molar-refractivity contribution in [1.82, 2.24) is 4.90 Å². The van der Waals surface area contributed by atoms with E-state index in [1.54, 1.807) is 19.1 Å². The van der Waals surface area contributed by atoms with Crippen molar-refractivity contribution in [1.29, 1.82) is 0 Å². The number of aliphatic hydroxyl groups is 1. The average Bonchev–Trinajstić information content (AvgIpc) is 2.88. The standard InChI is InChI=1S/C24H25N3O3/c1-16(30)13-27(2)8-7-20-11-18(4-6-22(20)15-29)19-3-5-21-9-17(14-28)10-24(25)26-23(21)12-19/h3-9,11-12,14-16,30H,10,13H2,1-2H3,(H2,25,26)/b8-7-. The van der Waals surface area contributed by atoms with Gasteiger partial charge < -0.3 is 15.7 Å². The zero-order valence-corrected chi connectivity index (χ0v) is 17.1. The van der Waals surface area contributed by atoms with E-state index in [0.29, 0.717) is 35.6 Å². The van der Waals surface area contributed by atoms with E-state index in [1.165, 1.54) is 0 Å². The molecule has 0 fully saturated rings. The van der Waals surface area contributed by atoms with Crippen molar-refractivity contribution in [3.63, 3.8) is 0 Å². The van der Waals surface area contributed by atoms with Crippen LogP contribution in [0.25, 0.3) is 23.3 Å². The van der Waals surface area contributed by atoms with Gasteiger partial charge in [0, 0.05) is 36.7 Å². The topological polar surface area (TPSA) is 96.0 Å². The van der Waals surface area contributed by atoms with E-state index in [9.17, 15) is 14.7 Å². The molecule has 0 amide bonds. The zero-order chi connectivity index (χ0) is 21.7. The molecule has 1 atom stereocenters. The summed E-state index contributed by atoms with van der Waals surface area (Å²) in [6.45, 7) is 2.22. The number of rotatable bonds is 7.